The van der Waals surface area contributed by atoms with Gasteiger partial charge in [-0.25, -0.2) is 0 Å². The lowest BCUT2D eigenvalue weighted by Crippen LogP contribution is -2.31. The first-order chi connectivity index (χ1) is 11.1. The number of hydrogen-bond donors (Lipinski definition) is 1. The van der Waals surface area contributed by atoms with Crippen molar-refractivity contribution in [3.05, 3.63) is 70.2 Å². The van der Waals surface area contributed by atoms with Gasteiger partial charge in [0.05, 0.1) is 6.54 Å². The summed E-state index contributed by atoms with van der Waals surface area (Å²) in [7, 11) is 0. The van der Waals surface area contributed by atoms with Crippen LogP contribution in [0, 0.1) is 0 Å². The van der Waals surface area contributed by atoms with Crippen molar-refractivity contribution < 1.29 is 4.79 Å². The molecule has 0 aromatic heterocycles. The van der Waals surface area contributed by atoms with Crippen LogP contribution in [0.4, 0.5) is 0 Å². The van der Waals surface area contributed by atoms with E-state index in [-0.39, 0.29) is 18.1 Å². The molecule has 3 nitrogen and oxygen atoms in total. The lowest BCUT2D eigenvalue weighted by Gasteiger charge is -2.31. The Morgan fingerprint density at radius 2 is 1.96 bits per heavy atom. The second-order valence-electron chi connectivity index (χ2n) is 5.90. The summed E-state index contributed by atoms with van der Waals surface area (Å²) in [6.07, 6.45) is 0.705. The largest absolute Gasteiger partial charge is 0.335 e. The summed E-state index contributed by atoms with van der Waals surface area (Å²) < 4.78 is 0. The number of hydrogen-bond acceptors (Lipinski definition) is 2. The fourth-order valence-corrected chi connectivity index (χ4v) is 3.55. The van der Waals surface area contributed by atoms with Gasteiger partial charge in [0.15, 0.2) is 0 Å². The molecule has 2 aromatic carbocycles. The average molecular weight is 329 g/mol. The smallest absolute Gasteiger partial charge is 0.235 e. The number of nitrogens with zero attached hydrogens (tertiary/aromatic N) is 1. The average Bonchev–Trinajstić information content (AvgIpc) is 2.96. The van der Waals surface area contributed by atoms with Crippen LogP contribution in [-0.2, 0) is 11.2 Å². The SMILES string of the molecule is CCc1cccc(Cl)c1C1NC(=O)CN1[C@H](C)c1ccccc1. The van der Waals surface area contributed by atoms with E-state index in [1.165, 1.54) is 11.1 Å². The monoisotopic (exact) mass is 328 g/mol. The van der Waals surface area contributed by atoms with E-state index >= 15 is 0 Å². The molecule has 1 amide bonds. The maximum atomic E-state index is 12.1. The number of carbonyl (C=O) groups excluding carboxylic acids is 1. The molecule has 1 unspecified atom stereocenters. The normalized spacial score (nSPS) is 19.6. The lowest BCUT2D eigenvalue weighted by atomic mass is 10.00. The van der Waals surface area contributed by atoms with Crippen molar-refractivity contribution >= 4 is 17.5 Å². The van der Waals surface area contributed by atoms with Crippen LogP contribution in [0.25, 0.3) is 0 Å². The maximum absolute atomic E-state index is 12.1. The molecule has 2 aromatic rings. The van der Waals surface area contributed by atoms with Gasteiger partial charge < -0.3 is 5.32 Å². The molecule has 120 valence electrons. The standard InChI is InChI=1S/C19H21ClN2O/c1-3-14-10-7-11-16(20)18(14)19-21-17(23)12-22(19)13(2)15-8-5-4-6-9-15/h4-11,13,19H,3,12H2,1-2H3,(H,21,23)/t13-,19?/m1/s1. The van der Waals surface area contributed by atoms with E-state index in [4.69, 9.17) is 11.6 Å². The Balaban J connectivity index is 1.99. The van der Waals surface area contributed by atoms with Crippen molar-refractivity contribution in [2.45, 2.75) is 32.5 Å². The first-order valence-corrected chi connectivity index (χ1v) is 8.37. The second-order valence-corrected chi connectivity index (χ2v) is 6.30. The quantitative estimate of drug-likeness (QED) is 0.916. The Bertz CT molecular complexity index is 702. The van der Waals surface area contributed by atoms with Gasteiger partial charge in [-0.15, -0.1) is 0 Å². The summed E-state index contributed by atoms with van der Waals surface area (Å²) in [5.74, 6) is 0.0414. The summed E-state index contributed by atoms with van der Waals surface area (Å²) in [4.78, 5) is 14.3. The fourth-order valence-electron chi connectivity index (χ4n) is 3.26. The highest BCUT2D eigenvalue weighted by Crippen LogP contribution is 2.36. The molecule has 23 heavy (non-hydrogen) atoms. The van der Waals surface area contributed by atoms with Crippen LogP contribution in [0.3, 0.4) is 0 Å². The van der Waals surface area contributed by atoms with Crippen molar-refractivity contribution in [2.75, 3.05) is 6.54 Å². The second kappa shape index (κ2) is 6.73. The molecule has 1 N–H and O–H groups in total. The number of amides is 1. The van der Waals surface area contributed by atoms with Crippen molar-refractivity contribution in [2.24, 2.45) is 0 Å². The van der Waals surface area contributed by atoms with E-state index in [0.29, 0.717) is 11.6 Å². The van der Waals surface area contributed by atoms with Gasteiger partial charge in [0, 0.05) is 16.6 Å². The van der Waals surface area contributed by atoms with Crippen LogP contribution in [0.2, 0.25) is 5.02 Å². The van der Waals surface area contributed by atoms with E-state index in [1.807, 2.05) is 30.3 Å². The molecular formula is C19H21ClN2O. The molecule has 4 heteroatoms. The predicted molar refractivity (Wildman–Crippen MR) is 93.3 cm³/mol. The number of carbonyl (C=O) groups is 1. The molecule has 0 bridgehead atoms. The Labute approximate surface area is 142 Å². The van der Waals surface area contributed by atoms with Crippen LogP contribution >= 0.6 is 11.6 Å². The third-order valence-electron chi connectivity index (χ3n) is 4.53. The van der Waals surface area contributed by atoms with Crippen molar-refractivity contribution in [1.82, 2.24) is 10.2 Å². The molecule has 1 aliphatic rings. The van der Waals surface area contributed by atoms with Gasteiger partial charge in [-0.2, -0.15) is 0 Å². The Morgan fingerprint density at radius 3 is 2.65 bits per heavy atom. The first-order valence-electron chi connectivity index (χ1n) is 7.99. The molecule has 3 rings (SSSR count). The highest BCUT2D eigenvalue weighted by Gasteiger charge is 2.36. The highest BCUT2D eigenvalue weighted by atomic mass is 35.5. The van der Waals surface area contributed by atoms with Crippen LogP contribution in [0.1, 0.15) is 42.7 Å². The van der Waals surface area contributed by atoms with Crippen molar-refractivity contribution in [3.63, 3.8) is 0 Å². The zero-order valence-corrected chi connectivity index (χ0v) is 14.2. The third kappa shape index (κ3) is 3.12. The Kier molecular flexibility index (Phi) is 4.69. The molecule has 0 saturated carbocycles. The van der Waals surface area contributed by atoms with E-state index in [0.717, 1.165) is 12.0 Å². The minimum atomic E-state index is -0.179. The maximum Gasteiger partial charge on any atom is 0.235 e. The van der Waals surface area contributed by atoms with Crippen molar-refractivity contribution in [1.29, 1.82) is 0 Å². The number of rotatable bonds is 4. The van der Waals surface area contributed by atoms with Gasteiger partial charge in [-0.1, -0.05) is 61.0 Å². The van der Waals surface area contributed by atoms with E-state index in [9.17, 15) is 4.79 Å². The van der Waals surface area contributed by atoms with Gasteiger partial charge >= 0.3 is 0 Å². The van der Waals surface area contributed by atoms with Gasteiger partial charge in [0.2, 0.25) is 5.91 Å². The molecule has 1 heterocycles. The Morgan fingerprint density at radius 1 is 1.22 bits per heavy atom. The van der Waals surface area contributed by atoms with Crippen LogP contribution < -0.4 is 5.32 Å². The van der Waals surface area contributed by atoms with Gasteiger partial charge in [0.1, 0.15) is 6.17 Å². The van der Waals surface area contributed by atoms with Crippen LogP contribution in [-0.4, -0.2) is 17.4 Å². The van der Waals surface area contributed by atoms with Gasteiger partial charge in [0.25, 0.3) is 0 Å². The fraction of sp³-hybridized carbons (Fsp3) is 0.316. The molecule has 0 spiro atoms. The molecule has 0 radical (unpaired) electrons. The van der Waals surface area contributed by atoms with E-state index in [2.05, 4.69) is 42.3 Å². The van der Waals surface area contributed by atoms with Gasteiger partial charge in [-0.3, -0.25) is 9.69 Å². The minimum Gasteiger partial charge on any atom is -0.335 e. The third-order valence-corrected chi connectivity index (χ3v) is 4.86. The predicted octanol–water partition coefficient (Wildman–Crippen LogP) is 4.09. The highest BCUT2D eigenvalue weighted by molar-refractivity contribution is 6.31. The number of benzene rings is 2. The molecular weight excluding hydrogens is 308 g/mol. The topological polar surface area (TPSA) is 32.3 Å². The number of halogens is 1. The molecule has 1 fully saturated rings. The van der Waals surface area contributed by atoms with Crippen LogP contribution in [0.5, 0.6) is 0 Å². The summed E-state index contributed by atoms with van der Waals surface area (Å²) in [5, 5.41) is 3.80. The zero-order chi connectivity index (χ0) is 16.4. The Hall–Kier alpha value is -1.84. The van der Waals surface area contributed by atoms with Crippen LogP contribution in [0.15, 0.2) is 48.5 Å². The van der Waals surface area contributed by atoms with E-state index < -0.39 is 0 Å². The molecule has 0 aliphatic carbocycles. The molecule has 2 atom stereocenters. The van der Waals surface area contributed by atoms with Gasteiger partial charge in [-0.05, 0) is 30.5 Å². The summed E-state index contributed by atoms with van der Waals surface area (Å²) >= 11 is 6.47. The first kappa shape index (κ1) is 16.0. The zero-order valence-electron chi connectivity index (χ0n) is 13.4. The van der Waals surface area contributed by atoms with Crippen molar-refractivity contribution in [3.8, 4) is 0 Å². The minimum absolute atomic E-state index is 0.0414. The summed E-state index contributed by atoms with van der Waals surface area (Å²) in [6.45, 7) is 4.62. The summed E-state index contributed by atoms with van der Waals surface area (Å²) in [5.41, 5.74) is 3.39. The van der Waals surface area contributed by atoms with E-state index in [1.54, 1.807) is 0 Å². The molecule has 1 aliphatic heterocycles. The molecule has 1 saturated heterocycles. The summed E-state index contributed by atoms with van der Waals surface area (Å²) in [6, 6.07) is 16.3. The number of nitrogens with one attached hydrogen (secondary N) is 1. The lowest BCUT2D eigenvalue weighted by molar-refractivity contribution is -0.118. The number of aryl methyl sites for hydroxylation is 1.